The average molecular weight is 408 g/mol. The van der Waals surface area contributed by atoms with Gasteiger partial charge in [0.2, 0.25) is 0 Å². The molecule has 0 aliphatic rings. The van der Waals surface area contributed by atoms with Crippen LogP contribution in [0.2, 0.25) is 0 Å². The normalized spacial score (nSPS) is 14.0. The van der Waals surface area contributed by atoms with Gasteiger partial charge in [0.05, 0.1) is 15.0 Å². The molecule has 1 aromatic heterocycles. The zero-order valence-electron chi connectivity index (χ0n) is 11.0. The Bertz CT molecular complexity index is 812. The summed E-state index contributed by atoms with van der Waals surface area (Å²) in [5.74, 6) is 0.615. The Labute approximate surface area is 139 Å². The van der Waals surface area contributed by atoms with E-state index in [0.29, 0.717) is 16.7 Å². The van der Waals surface area contributed by atoms with E-state index in [4.69, 9.17) is 4.42 Å². The first-order valence-corrected chi connectivity index (χ1v) is 8.36. The van der Waals surface area contributed by atoms with Crippen molar-refractivity contribution in [2.75, 3.05) is 0 Å². The number of alkyl halides is 2. The van der Waals surface area contributed by atoms with E-state index >= 15 is 0 Å². The Hall–Kier alpha value is -1.39. The van der Waals surface area contributed by atoms with Gasteiger partial charge in [-0.05, 0) is 17.7 Å². The van der Waals surface area contributed by atoms with Gasteiger partial charge in [0.15, 0.2) is 5.43 Å². The van der Waals surface area contributed by atoms with Crippen LogP contribution in [0.3, 0.4) is 0 Å². The molecule has 0 aliphatic heterocycles. The van der Waals surface area contributed by atoms with Crippen LogP contribution in [0.15, 0.2) is 69.9 Å². The van der Waals surface area contributed by atoms with Gasteiger partial charge in [0.1, 0.15) is 11.3 Å². The lowest BCUT2D eigenvalue weighted by atomic mass is 10.1. The van der Waals surface area contributed by atoms with Gasteiger partial charge in [-0.3, -0.25) is 4.79 Å². The molecule has 2 atom stereocenters. The molecule has 0 aliphatic carbocycles. The van der Waals surface area contributed by atoms with Gasteiger partial charge in [-0.25, -0.2) is 0 Å². The Morgan fingerprint density at radius 1 is 0.857 bits per heavy atom. The first-order chi connectivity index (χ1) is 10.2. The van der Waals surface area contributed by atoms with Crippen LogP contribution in [-0.2, 0) is 0 Å². The Morgan fingerprint density at radius 3 is 2.29 bits per heavy atom. The molecule has 2 aromatic carbocycles. The maximum absolute atomic E-state index is 12.2. The lowest BCUT2D eigenvalue weighted by Gasteiger charge is -2.16. The maximum Gasteiger partial charge on any atom is 0.192 e. The van der Waals surface area contributed by atoms with Crippen LogP contribution in [0.5, 0.6) is 0 Å². The number of hydrogen-bond acceptors (Lipinski definition) is 2. The molecule has 106 valence electrons. The molecule has 3 rings (SSSR count). The summed E-state index contributed by atoms with van der Waals surface area (Å²) in [5, 5.41) is 0.604. The van der Waals surface area contributed by atoms with E-state index in [1.807, 2.05) is 48.5 Å². The van der Waals surface area contributed by atoms with E-state index in [1.54, 1.807) is 12.1 Å². The minimum absolute atomic E-state index is 0.0167. The minimum Gasteiger partial charge on any atom is -0.460 e. The van der Waals surface area contributed by atoms with E-state index < -0.39 is 0 Å². The van der Waals surface area contributed by atoms with Crippen LogP contribution in [0.25, 0.3) is 11.0 Å². The van der Waals surface area contributed by atoms with Gasteiger partial charge in [0, 0.05) is 6.07 Å². The van der Waals surface area contributed by atoms with Crippen LogP contribution in [0.1, 0.15) is 21.0 Å². The summed E-state index contributed by atoms with van der Waals surface area (Å²) in [5.41, 5.74) is 1.71. The predicted molar refractivity (Wildman–Crippen MR) is 92.3 cm³/mol. The van der Waals surface area contributed by atoms with E-state index in [1.165, 1.54) is 0 Å². The smallest absolute Gasteiger partial charge is 0.192 e. The first kappa shape index (κ1) is 14.5. The van der Waals surface area contributed by atoms with Crippen LogP contribution >= 0.6 is 31.9 Å². The highest BCUT2D eigenvalue weighted by atomic mass is 79.9. The molecule has 3 aromatic rings. The van der Waals surface area contributed by atoms with Gasteiger partial charge in [-0.2, -0.15) is 0 Å². The third kappa shape index (κ3) is 2.97. The molecule has 0 bridgehead atoms. The lowest BCUT2D eigenvalue weighted by molar-refractivity contribution is 0.531. The molecule has 0 amide bonds. The second kappa shape index (κ2) is 6.16. The SMILES string of the molecule is O=c1cc(C(Br)C(Br)c2ccccc2)oc2ccccc12. The fourth-order valence-corrected chi connectivity index (χ4v) is 3.31. The molecule has 2 unspecified atom stereocenters. The number of fused-ring (bicyclic) bond motifs is 1. The molecule has 21 heavy (non-hydrogen) atoms. The largest absolute Gasteiger partial charge is 0.460 e. The standard InChI is InChI=1S/C17H12Br2O2/c18-16(11-6-2-1-3-7-11)17(19)15-10-13(20)12-8-4-5-9-14(12)21-15/h1-10,16-17H. The summed E-state index contributed by atoms with van der Waals surface area (Å²) < 4.78 is 5.87. The van der Waals surface area contributed by atoms with Crippen molar-refractivity contribution in [2.45, 2.75) is 9.65 Å². The van der Waals surface area contributed by atoms with Crippen molar-refractivity contribution in [1.29, 1.82) is 0 Å². The van der Waals surface area contributed by atoms with Gasteiger partial charge < -0.3 is 4.42 Å². The van der Waals surface area contributed by atoms with Crippen molar-refractivity contribution >= 4 is 42.8 Å². The summed E-state index contributed by atoms with van der Waals surface area (Å²) in [6.07, 6.45) is 0. The summed E-state index contributed by atoms with van der Waals surface area (Å²) in [7, 11) is 0. The Balaban J connectivity index is 2.02. The molecule has 0 saturated carbocycles. The summed E-state index contributed by atoms with van der Waals surface area (Å²) >= 11 is 7.30. The minimum atomic E-state index is -0.128. The molecule has 0 spiro atoms. The zero-order chi connectivity index (χ0) is 14.8. The number of benzene rings is 2. The fourth-order valence-electron chi connectivity index (χ4n) is 2.21. The topological polar surface area (TPSA) is 30.2 Å². The van der Waals surface area contributed by atoms with Crippen molar-refractivity contribution in [3.05, 3.63) is 82.2 Å². The quantitative estimate of drug-likeness (QED) is 0.546. The maximum atomic E-state index is 12.2. The van der Waals surface area contributed by atoms with Crippen molar-refractivity contribution in [3.8, 4) is 0 Å². The van der Waals surface area contributed by atoms with Crippen molar-refractivity contribution in [3.63, 3.8) is 0 Å². The molecule has 0 saturated heterocycles. The molecule has 0 N–H and O–H groups in total. The second-order valence-electron chi connectivity index (χ2n) is 4.72. The number of rotatable bonds is 3. The molecule has 2 nitrogen and oxygen atoms in total. The zero-order valence-corrected chi connectivity index (χ0v) is 14.2. The van der Waals surface area contributed by atoms with Crippen molar-refractivity contribution in [1.82, 2.24) is 0 Å². The van der Waals surface area contributed by atoms with Gasteiger partial charge >= 0.3 is 0 Å². The van der Waals surface area contributed by atoms with Crippen LogP contribution < -0.4 is 5.43 Å². The van der Waals surface area contributed by atoms with Crippen LogP contribution in [0.4, 0.5) is 0 Å². The van der Waals surface area contributed by atoms with Gasteiger partial charge in [0.25, 0.3) is 0 Å². The van der Waals surface area contributed by atoms with Gasteiger partial charge in [-0.15, -0.1) is 0 Å². The van der Waals surface area contributed by atoms with E-state index in [0.717, 1.165) is 5.56 Å². The van der Waals surface area contributed by atoms with Crippen molar-refractivity contribution in [2.24, 2.45) is 0 Å². The third-order valence-electron chi connectivity index (χ3n) is 3.30. The highest BCUT2D eigenvalue weighted by Gasteiger charge is 2.22. The first-order valence-electron chi connectivity index (χ1n) is 6.52. The van der Waals surface area contributed by atoms with E-state index in [9.17, 15) is 4.79 Å². The second-order valence-corrected chi connectivity index (χ2v) is 6.70. The molecule has 4 heteroatoms. The Kier molecular flexibility index (Phi) is 4.27. The van der Waals surface area contributed by atoms with E-state index in [2.05, 4.69) is 31.9 Å². The molecule has 1 heterocycles. The molecular formula is C17H12Br2O2. The Morgan fingerprint density at radius 2 is 1.52 bits per heavy atom. The number of para-hydroxylation sites is 1. The summed E-state index contributed by atoms with van der Waals surface area (Å²) in [4.78, 5) is 12.1. The third-order valence-corrected chi connectivity index (χ3v) is 6.05. The highest BCUT2D eigenvalue weighted by Crippen LogP contribution is 2.42. The molecular weight excluding hydrogens is 396 g/mol. The number of halogens is 2. The fraction of sp³-hybridized carbons (Fsp3) is 0.118. The average Bonchev–Trinajstić information content (AvgIpc) is 2.54. The molecule has 0 fully saturated rings. The summed E-state index contributed by atoms with van der Waals surface area (Å²) in [6.45, 7) is 0. The summed E-state index contributed by atoms with van der Waals surface area (Å²) in [6, 6.07) is 18.9. The monoisotopic (exact) mass is 406 g/mol. The van der Waals surface area contributed by atoms with Crippen molar-refractivity contribution < 1.29 is 4.42 Å². The van der Waals surface area contributed by atoms with Crippen LogP contribution in [0, 0.1) is 0 Å². The molecule has 0 radical (unpaired) electrons. The van der Waals surface area contributed by atoms with E-state index in [-0.39, 0.29) is 15.1 Å². The highest BCUT2D eigenvalue weighted by molar-refractivity contribution is 9.12. The predicted octanol–water partition coefficient (Wildman–Crippen LogP) is 5.37. The van der Waals surface area contributed by atoms with Gasteiger partial charge in [-0.1, -0.05) is 74.3 Å². The lowest BCUT2D eigenvalue weighted by Crippen LogP contribution is -2.06. The van der Waals surface area contributed by atoms with Crippen LogP contribution in [-0.4, -0.2) is 0 Å². The number of hydrogen-bond donors (Lipinski definition) is 0.